The third-order valence-corrected chi connectivity index (χ3v) is 1.95. The number of rotatable bonds is 0. The Morgan fingerprint density at radius 2 is 1.80 bits per heavy atom. The summed E-state index contributed by atoms with van der Waals surface area (Å²) >= 11 is 0. The number of halogens is 3. The zero-order valence-electron chi connectivity index (χ0n) is 7.43. The zero-order chi connectivity index (χ0) is 11.1. The summed E-state index contributed by atoms with van der Waals surface area (Å²) in [6, 6.07) is 6.83. The summed E-state index contributed by atoms with van der Waals surface area (Å²) in [6.45, 7) is 0. The Labute approximate surface area is 82.5 Å². The molecule has 1 aromatic heterocycles. The lowest BCUT2D eigenvalue weighted by atomic mass is 10.2. The molecule has 1 heterocycles. The Balaban J connectivity index is 2.79. The highest BCUT2D eigenvalue weighted by Gasteiger charge is 2.34. The van der Waals surface area contributed by atoms with Crippen LogP contribution >= 0.6 is 0 Å². The molecule has 78 valence electrons. The molecule has 0 saturated heterocycles. The van der Waals surface area contributed by atoms with Crippen molar-refractivity contribution in [1.82, 2.24) is 0 Å². The van der Waals surface area contributed by atoms with Gasteiger partial charge in [-0.25, -0.2) is 0 Å². The Bertz CT molecular complexity index is 556. The van der Waals surface area contributed by atoms with E-state index >= 15 is 0 Å². The van der Waals surface area contributed by atoms with E-state index in [2.05, 4.69) is 4.42 Å². The molecule has 0 spiro atoms. The minimum atomic E-state index is -4.56. The average molecular weight is 213 g/mol. The molecular formula is C10H6F3NO. The number of para-hydroxylation sites is 1. The highest BCUT2D eigenvalue weighted by Crippen LogP contribution is 2.29. The van der Waals surface area contributed by atoms with Gasteiger partial charge < -0.3 is 4.42 Å². The molecule has 0 atom stereocenters. The summed E-state index contributed by atoms with van der Waals surface area (Å²) in [7, 11) is 0. The van der Waals surface area contributed by atoms with Gasteiger partial charge in [0.1, 0.15) is 5.58 Å². The fourth-order valence-electron chi connectivity index (χ4n) is 1.27. The molecule has 2 aromatic rings. The van der Waals surface area contributed by atoms with Gasteiger partial charge in [0.15, 0.2) is 0 Å². The van der Waals surface area contributed by atoms with E-state index in [9.17, 15) is 13.2 Å². The van der Waals surface area contributed by atoms with Gasteiger partial charge in [-0.2, -0.15) is 13.2 Å². The van der Waals surface area contributed by atoms with Crippen LogP contribution in [0.1, 0.15) is 5.76 Å². The van der Waals surface area contributed by atoms with E-state index in [0.29, 0.717) is 11.5 Å². The van der Waals surface area contributed by atoms with Gasteiger partial charge in [-0.3, -0.25) is 5.41 Å². The Morgan fingerprint density at radius 1 is 1.13 bits per heavy atom. The first-order chi connectivity index (χ1) is 6.98. The monoisotopic (exact) mass is 213 g/mol. The van der Waals surface area contributed by atoms with Crippen molar-refractivity contribution in [3.05, 3.63) is 41.4 Å². The number of nitrogens with one attached hydrogen (secondary N) is 1. The first-order valence-electron chi connectivity index (χ1n) is 4.13. The van der Waals surface area contributed by atoms with Gasteiger partial charge in [-0.15, -0.1) is 0 Å². The molecule has 0 amide bonds. The van der Waals surface area contributed by atoms with Gasteiger partial charge in [-0.1, -0.05) is 12.1 Å². The SMILES string of the molecule is N=c1cc(C(F)(F)F)oc2ccccc12. The van der Waals surface area contributed by atoms with E-state index in [0.717, 1.165) is 0 Å². The van der Waals surface area contributed by atoms with E-state index < -0.39 is 11.9 Å². The van der Waals surface area contributed by atoms with Crippen molar-refractivity contribution in [2.24, 2.45) is 0 Å². The predicted octanol–water partition coefficient (Wildman–Crippen LogP) is 2.93. The standard InChI is InChI=1S/C10H6F3NO/c11-10(12,13)9-5-7(14)6-3-1-2-4-8(6)15-9/h1-5,14H. The van der Waals surface area contributed by atoms with Crippen LogP contribution in [0.5, 0.6) is 0 Å². The lowest BCUT2D eigenvalue weighted by Crippen LogP contribution is -2.10. The molecule has 2 rings (SSSR count). The van der Waals surface area contributed by atoms with Crippen LogP contribution in [0.3, 0.4) is 0 Å². The van der Waals surface area contributed by atoms with Gasteiger partial charge in [0.2, 0.25) is 5.76 Å². The summed E-state index contributed by atoms with van der Waals surface area (Å²) in [5.74, 6) is -1.15. The van der Waals surface area contributed by atoms with E-state index in [1.54, 1.807) is 18.2 Å². The Hall–Kier alpha value is -1.78. The van der Waals surface area contributed by atoms with Crippen LogP contribution in [0, 0.1) is 5.41 Å². The van der Waals surface area contributed by atoms with Crippen molar-refractivity contribution in [3.8, 4) is 0 Å². The molecule has 0 bridgehead atoms. The lowest BCUT2D eigenvalue weighted by molar-refractivity contribution is -0.152. The number of fused-ring (bicyclic) bond motifs is 1. The highest BCUT2D eigenvalue weighted by atomic mass is 19.4. The number of hydrogen-bond acceptors (Lipinski definition) is 2. The van der Waals surface area contributed by atoms with Crippen molar-refractivity contribution >= 4 is 11.0 Å². The summed E-state index contributed by atoms with van der Waals surface area (Å²) < 4.78 is 41.6. The van der Waals surface area contributed by atoms with Gasteiger partial charge >= 0.3 is 6.18 Å². The molecule has 1 N–H and O–H groups in total. The first kappa shape index (κ1) is 9.76. The molecule has 0 fully saturated rings. The molecular weight excluding hydrogens is 207 g/mol. The molecule has 5 heteroatoms. The summed E-state index contributed by atoms with van der Waals surface area (Å²) in [5.41, 5.74) is 0.0670. The summed E-state index contributed by atoms with van der Waals surface area (Å²) in [4.78, 5) is 0. The highest BCUT2D eigenvalue weighted by molar-refractivity contribution is 5.75. The van der Waals surface area contributed by atoms with Crippen molar-refractivity contribution in [3.63, 3.8) is 0 Å². The van der Waals surface area contributed by atoms with Crippen molar-refractivity contribution in [2.45, 2.75) is 6.18 Å². The van der Waals surface area contributed by atoms with Crippen molar-refractivity contribution in [2.75, 3.05) is 0 Å². The predicted molar refractivity (Wildman–Crippen MR) is 47.1 cm³/mol. The van der Waals surface area contributed by atoms with Gasteiger partial charge in [0.05, 0.1) is 5.36 Å². The largest absolute Gasteiger partial charge is 0.451 e. The van der Waals surface area contributed by atoms with Crippen LogP contribution in [0.4, 0.5) is 13.2 Å². The molecule has 0 aliphatic rings. The van der Waals surface area contributed by atoms with Crippen molar-refractivity contribution < 1.29 is 17.6 Å². The van der Waals surface area contributed by atoms with E-state index in [1.807, 2.05) is 0 Å². The van der Waals surface area contributed by atoms with E-state index in [4.69, 9.17) is 5.41 Å². The molecule has 0 aliphatic heterocycles. The molecule has 2 nitrogen and oxygen atoms in total. The minimum Gasteiger partial charge on any atom is -0.451 e. The molecule has 15 heavy (non-hydrogen) atoms. The maximum absolute atomic E-state index is 12.3. The van der Waals surface area contributed by atoms with Crippen LogP contribution in [-0.4, -0.2) is 0 Å². The maximum Gasteiger partial charge on any atom is 0.449 e. The van der Waals surface area contributed by atoms with Crippen LogP contribution in [0.25, 0.3) is 11.0 Å². The number of alkyl halides is 3. The smallest absolute Gasteiger partial charge is 0.449 e. The Kier molecular flexibility index (Phi) is 2.03. The van der Waals surface area contributed by atoms with E-state index in [-0.39, 0.29) is 10.9 Å². The molecule has 0 saturated carbocycles. The minimum absolute atomic E-state index is 0.0670. The fourth-order valence-corrected chi connectivity index (χ4v) is 1.27. The second-order valence-corrected chi connectivity index (χ2v) is 3.02. The zero-order valence-corrected chi connectivity index (χ0v) is 7.43. The first-order valence-corrected chi connectivity index (χ1v) is 4.13. The summed E-state index contributed by atoms with van der Waals surface area (Å²) in [5, 5.41) is 7.60. The van der Waals surface area contributed by atoms with E-state index in [1.165, 1.54) is 6.07 Å². The Morgan fingerprint density at radius 3 is 2.47 bits per heavy atom. The fraction of sp³-hybridized carbons (Fsp3) is 0.100. The number of benzene rings is 1. The third kappa shape index (κ3) is 1.72. The maximum atomic E-state index is 12.3. The normalized spacial score (nSPS) is 11.9. The van der Waals surface area contributed by atoms with Crippen molar-refractivity contribution in [1.29, 1.82) is 5.41 Å². The quantitative estimate of drug-likeness (QED) is 0.717. The van der Waals surface area contributed by atoms with Crippen LogP contribution in [0.2, 0.25) is 0 Å². The summed E-state index contributed by atoms with van der Waals surface area (Å²) in [6.07, 6.45) is -4.56. The third-order valence-electron chi connectivity index (χ3n) is 1.95. The second-order valence-electron chi connectivity index (χ2n) is 3.02. The van der Waals surface area contributed by atoms with Crippen LogP contribution < -0.4 is 5.36 Å². The van der Waals surface area contributed by atoms with Crippen LogP contribution in [0.15, 0.2) is 34.7 Å². The molecule has 1 aromatic carbocycles. The van der Waals surface area contributed by atoms with Gasteiger partial charge in [0, 0.05) is 11.5 Å². The molecule has 0 radical (unpaired) electrons. The topological polar surface area (TPSA) is 37.0 Å². The number of hydrogen-bond donors (Lipinski definition) is 1. The van der Waals surface area contributed by atoms with Gasteiger partial charge in [-0.05, 0) is 12.1 Å². The van der Waals surface area contributed by atoms with Crippen LogP contribution in [-0.2, 0) is 6.18 Å². The van der Waals surface area contributed by atoms with Gasteiger partial charge in [0.25, 0.3) is 0 Å². The molecule has 0 aliphatic carbocycles. The second kappa shape index (κ2) is 3.12. The molecule has 0 unspecified atom stereocenters. The lowest BCUT2D eigenvalue weighted by Gasteiger charge is -2.06. The average Bonchev–Trinajstić information content (AvgIpc) is 2.16.